The lowest BCUT2D eigenvalue weighted by molar-refractivity contribution is -0.384. The Kier molecular flexibility index (Phi) is 3.65. The van der Waals surface area contributed by atoms with E-state index >= 15 is 0 Å². The summed E-state index contributed by atoms with van der Waals surface area (Å²) in [6, 6.07) is 0.974. The van der Waals surface area contributed by atoms with E-state index in [1.54, 1.807) is 0 Å². The summed E-state index contributed by atoms with van der Waals surface area (Å²) in [6.45, 7) is 0. The van der Waals surface area contributed by atoms with Crippen LogP contribution in [0.25, 0.3) is 0 Å². The van der Waals surface area contributed by atoms with Crippen molar-refractivity contribution in [2.24, 2.45) is 0 Å². The number of nitro groups is 1. The first-order valence-electron chi connectivity index (χ1n) is 4.29. The van der Waals surface area contributed by atoms with Crippen LogP contribution < -0.4 is 5.43 Å². The number of amides is 1. The molecule has 0 aliphatic heterocycles. The van der Waals surface area contributed by atoms with Crippen LogP contribution in [0.5, 0.6) is 0 Å². The van der Waals surface area contributed by atoms with Crippen LogP contribution in [0.15, 0.2) is 12.3 Å². The third-order valence-electron chi connectivity index (χ3n) is 1.81. The molecule has 1 amide bonds. The lowest BCUT2D eigenvalue weighted by Crippen LogP contribution is -2.25. The molecule has 9 nitrogen and oxygen atoms in total. The average Bonchev–Trinajstić information content (AvgIpc) is 2.72. The highest BCUT2D eigenvalue weighted by molar-refractivity contribution is 5.90. The molecule has 17 heavy (non-hydrogen) atoms. The number of hydrogen-bond donors (Lipinski definition) is 1. The van der Waals surface area contributed by atoms with E-state index in [0.29, 0.717) is 0 Å². The third kappa shape index (κ3) is 2.71. The van der Waals surface area contributed by atoms with Gasteiger partial charge in [0.15, 0.2) is 5.69 Å². The lowest BCUT2D eigenvalue weighted by atomic mass is 10.4. The number of ether oxygens (including phenoxy) is 2. The summed E-state index contributed by atoms with van der Waals surface area (Å²) in [5, 5.41) is 10.5. The highest BCUT2D eigenvalue weighted by Gasteiger charge is 2.21. The van der Waals surface area contributed by atoms with E-state index in [1.165, 1.54) is 0 Å². The standard InChI is InChI=1S/C8H9N3O6/c1-16-7(12)6-3-5(11(14)15)4-10(6)9-8(13)17-2/h3-4H,1-2H3,(H,9,13). The second-order valence-corrected chi connectivity index (χ2v) is 2.81. The molecule has 9 heteroatoms. The molecule has 0 radical (unpaired) electrons. The Morgan fingerprint density at radius 2 is 2.06 bits per heavy atom. The number of nitrogens with zero attached hydrogens (tertiary/aromatic N) is 2. The van der Waals surface area contributed by atoms with Gasteiger partial charge in [0.05, 0.1) is 25.2 Å². The molecule has 0 saturated heterocycles. The van der Waals surface area contributed by atoms with Crippen molar-refractivity contribution in [3.8, 4) is 0 Å². The van der Waals surface area contributed by atoms with E-state index in [1.807, 2.05) is 0 Å². The van der Waals surface area contributed by atoms with Gasteiger partial charge in [-0.25, -0.2) is 19.7 Å². The number of methoxy groups -OCH3 is 2. The van der Waals surface area contributed by atoms with E-state index in [-0.39, 0.29) is 11.4 Å². The van der Waals surface area contributed by atoms with Gasteiger partial charge in [-0.3, -0.25) is 10.1 Å². The first-order valence-corrected chi connectivity index (χ1v) is 4.29. The van der Waals surface area contributed by atoms with Crippen molar-refractivity contribution < 1.29 is 24.0 Å². The van der Waals surface area contributed by atoms with Crippen molar-refractivity contribution >= 4 is 17.7 Å². The van der Waals surface area contributed by atoms with E-state index in [2.05, 4.69) is 14.9 Å². The minimum absolute atomic E-state index is 0.190. The van der Waals surface area contributed by atoms with Gasteiger partial charge in [0.25, 0.3) is 5.69 Å². The van der Waals surface area contributed by atoms with Crippen LogP contribution in [0.4, 0.5) is 10.5 Å². The Labute approximate surface area is 95.0 Å². The zero-order valence-corrected chi connectivity index (χ0v) is 9.00. The summed E-state index contributed by atoms with van der Waals surface area (Å²) in [4.78, 5) is 32.1. The molecule has 0 unspecified atom stereocenters. The molecule has 0 aliphatic carbocycles. The number of rotatable bonds is 3. The second-order valence-electron chi connectivity index (χ2n) is 2.81. The second kappa shape index (κ2) is 4.96. The zero-order chi connectivity index (χ0) is 13.0. The van der Waals surface area contributed by atoms with Gasteiger partial charge in [0.2, 0.25) is 0 Å². The van der Waals surface area contributed by atoms with Crippen molar-refractivity contribution in [2.45, 2.75) is 0 Å². The summed E-state index contributed by atoms with van der Waals surface area (Å²) in [6.07, 6.45) is 0.0871. The van der Waals surface area contributed by atoms with Crippen LogP contribution in [0.3, 0.4) is 0 Å². The molecule has 92 valence electrons. The topological polar surface area (TPSA) is 113 Å². The van der Waals surface area contributed by atoms with Gasteiger partial charge in [-0.1, -0.05) is 0 Å². The van der Waals surface area contributed by atoms with Crippen LogP contribution in [0.1, 0.15) is 10.5 Å². The molecule has 0 aromatic carbocycles. The monoisotopic (exact) mass is 243 g/mol. The number of hydrogen-bond acceptors (Lipinski definition) is 6. The maximum Gasteiger partial charge on any atom is 0.426 e. The van der Waals surface area contributed by atoms with Gasteiger partial charge < -0.3 is 9.47 Å². The number of aromatic nitrogens is 1. The van der Waals surface area contributed by atoms with E-state index in [0.717, 1.165) is 31.2 Å². The number of carbonyl (C=O) groups excluding carboxylic acids is 2. The Morgan fingerprint density at radius 1 is 1.41 bits per heavy atom. The molecule has 0 atom stereocenters. The quantitative estimate of drug-likeness (QED) is 0.469. The predicted molar refractivity (Wildman–Crippen MR) is 54.2 cm³/mol. The van der Waals surface area contributed by atoms with Crippen LogP contribution >= 0.6 is 0 Å². The number of nitrogens with one attached hydrogen (secondary N) is 1. The van der Waals surface area contributed by atoms with E-state index in [9.17, 15) is 19.7 Å². The zero-order valence-electron chi connectivity index (χ0n) is 9.00. The molecular formula is C8H9N3O6. The number of carbonyl (C=O) groups is 2. The molecule has 0 bridgehead atoms. The van der Waals surface area contributed by atoms with Crippen LogP contribution in [0.2, 0.25) is 0 Å². The molecular weight excluding hydrogens is 234 g/mol. The van der Waals surface area contributed by atoms with Crippen molar-refractivity contribution in [2.75, 3.05) is 19.6 Å². The fourth-order valence-electron chi connectivity index (χ4n) is 1.05. The Bertz CT molecular complexity index is 466. The van der Waals surface area contributed by atoms with Crippen molar-refractivity contribution in [1.82, 2.24) is 4.68 Å². The summed E-state index contributed by atoms with van der Waals surface area (Å²) in [5.41, 5.74) is 1.55. The molecule has 1 heterocycles. The molecule has 1 aromatic rings. The summed E-state index contributed by atoms with van der Waals surface area (Å²) in [5.74, 6) is -0.825. The van der Waals surface area contributed by atoms with Gasteiger partial charge in [-0.05, 0) is 0 Å². The molecule has 1 N–H and O–H groups in total. The molecule has 0 spiro atoms. The van der Waals surface area contributed by atoms with Gasteiger partial charge in [0.1, 0.15) is 6.20 Å². The minimum atomic E-state index is -0.874. The summed E-state index contributed by atoms with van der Waals surface area (Å²) < 4.78 is 9.57. The highest BCUT2D eigenvalue weighted by Crippen LogP contribution is 2.16. The van der Waals surface area contributed by atoms with Gasteiger partial charge >= 0.3 is 12.1 Å². The molecule has 1 rings (SSSR count). The van der Waals surface area contributed by atoms with E-state index < -0.39 is 17.0 Å². The maximum atomic E-state index is 11.3. The number of esters is 1. The van der Waals surface area contributed by atoms with Crippen LogP contribution in [-0.4, -0.2) is 35.9 Å². The maximum absolute atomic E-state index is 11.3. The lowest BCUT2D eigenvalue weighted by Gasteiger charge is -2.06. The molecule has 0 aliphatic rings. The first-order chi connectivity index (χ1) is 7.99. The van der Waals surface area contributed by atoms with Crippen molar-refractivity contribution in [3.05, 3.63) is 28.1 Å². The van der Waals surface area contributed by atoms with Crippen molar-refractivity contribution in [1.29, 1.82) is 0 Å². The average molecular weight is 243 g/mol. The fourth-order valence-corrected chi connectivity index (χ4v) is 1.05. The van der Waals surface area contributed by atoms with Crippen molar-refractivity contribution in [3.63, 3.8) is 0 Å². The SMILES string of the molecule is COC(=O)Nn1cc([N+](=O)[O-])cc1C(=O)OC. The molecule has 0 fully saturated rings. The Balaban J connectivity index is 3.12. The Hall–Kier alpha value is -2.58. The third-order valence-corrected chi connectivity index (χ3v) is 1.81. The smallest absolute Gasteiger partial charge is 0.426 e. The molecule has 1 aromatic heterocycles. The first kappa shape index (κ1) is 12.5. The van der Waals surface area contributed by atoms with Gasteiger partial charge in [0, 0.05) is 0 Å². The van der Waals surface area contributed by atoms with Gasteiger partial charge in [-0.2, -0.15) is 0 Å². The largest absolute Gasteiger partial charge is 0.464 e. The minimum Gasteiger partial charge on any atom is -0.464 e. The van der Waals surface area contributed by atoms with Crippen LogP contribution in [0, 0.1) is 10.1 Å². The Morgan fingerprint density at radius 3 is 2.53 bits per heavy atom. The van der Waals surface area contributed by atoms with E-state index in [4.69, 9.17) is 0 Å². The highest BCUT2D eigenvalue weighted by atomic mass is 16.6. The van der Waals surface area contributed by atoms with Gasteiger partial charge in [-0.15, -0.1) is 0 Å². The summed E-state index contributed by atoms with van der Waals surface area (Å²) in [7, 11) is 2.23. The fraction of sp³-hybridized carbons (Fsp3) is 0.250. The summed E-state index contributed by atoms with van der Waals surface area (Å²) >= 11 is 0. The molecule has 0 saturated carbocycles. The predicted octanol–water partition coefficient (Wildman–Crippen LogP) is 0.493. The normalized spacial score (nSPS) is 9.53. The van der Waals surface area contributed by atoms with Crippen LogP contribution in [-0.2, 0) is 9.47 Å².